The van der Waals surface area contributed by atoms with Gasteiger partial charge in [0.1, 0.15) is 28.8 Å². The van der Waals surface area contributed by atoms with Crippen LogP contribution in [0.4, 0.5) is 26.7 Å². The van der Waals surface area contributed by atoms with Crippen molar-refractivity contribution in [2.24, 2.45) is 10.2 Å². The molecule has 13 nitrogen and oxygen atoms in total. The van der Waals surface area contributed by atoms with Crippen LogP contribution in [-0.4, -0.2) is 48.4 Å². The van der Waals surface area contributed by atoms with E-state index in [1.54, 1.807) is 14.5 Å². The van der Waals surface area contributed by atoms with Crippen LogP contribution in [0.3, 0.4) is 0 Å². The van der Waals surface area contributed by atoms with Gasteiger partial charge in [-0.25, -0.2) is 14.3 Å². The molecular weight excluding hydrogens is 1030 g/mol. The van der Waals surface area contributed by atoms with Crippen LogP contribution in [0.1, 0.15) is 78.7 Å². The lowest BCUT2D eigenvalue weighted by Crippen LogP contribution is -2.33. The molecule has 2 amide bonds. The highest BCUT2D eigenvalue weighted by atomic mass is 79.9. The maximum atomic E-state index is 12.7. The fourth-order valence-corrected chi connectivity index (χ4v) is 10.4. The number of cyclic esters (lactones) is 2. The summed E-state index contributed by atoms with van der Waals surface area (Å²) in [5.41, 5.74) is 14.5. The van der Waals surface area contributed by atoms with Crippen LogP contribution in [0.25, 0.3) is 38.5 Å². The van der Waals surface area contributed by atoms with Gasteiger partial charge in [-0.3, -0.25) is 19.8 Å². The Balaban J connectivity index is 0.000000124. The minimum Gasteiger partial charge on any atom is -0.441 e. The molecule has 3 aromatic heterocycles. The van der Waals surface area contributed by atoms with E-state index in [1.165, 1.54) is 38.6 Å². The number of carbonyl (C=O) groups is 2. The third kappa shape index (κ3) is 10.5. The molecule has 7 aromatic carbocycles. The Morgan fingerprint density at radius 1 is 0.532 bits per heavy atom. The van der Waals surface area contributed by atoms with E-state index in [0.717, 1.165) is 67.0 Å². The van der Waals surface area contributed by atoms with Gasteiger partial charge < -0.3 is 9.47 Å². The molecule has 386 valence electrons. The zero-order chi connectivity index (χ0) is 54.0. The Morgan fingerprint density at radius 3 is 1.51 bits per heavy atom. The highest BCUT2D eigenvalue weighted by Crippen LogP contribution is 2.45. The van der Waals surface area contributed by atoms with Gasteiger partial charge in [0.25, 0.3) is 0 Å². The molecule has 14 heteroatoms. The molecule has 77 heavy (non-hydrogen) atoms. The lowest BCUT2D eigenvalue weighted by molar-refractivity contribution is 0.0676. The summed E-state index contributed by atoms with van der Waals surface area (Å²) in [6.07, 6.45) is 3.22. The van der Waals surface area contributed by atoms with Crippen molar-refractivity contribution in [1.29, 1.82) is 0 Å². The fourth-order valence-electron chi connectivity index (χ4n) is 10.1. The van der Waals surface area contributed by atoms with Crippen molar-refractivity contribution in [3.63, 3.8) is 0 Å². The predicted octanol–water partition coefficient (Wildman–Crippen LogP) is 16.1. The third-order valence-electron chi connectivity index (χ3n) is 14.3. The van der Waals surface area contributed by atoms with Crippen molar-refractivity contribution in [2.75, 3.05) is 9.80 Å². The van der Waals surface area contributed by atoms with Crippen molar-refractivity contribution in [2.45, 2.75) is 85.2 Å². The number of benzene rings is 7. The second-order valence-electron chi connectivity index (χ2n) is 20.3. The summed E-state index contributed by atoms with van der Waals surface area (Å²) in [5.74, 6) is 0. The maximum Gasteiger partial charge on any atom is 0.415 e. The van der Waals surface area contributed by atoms with Crippen LogP contribution < -0.4 is 9.80 Å². The summed E-state index contributed by atoms with van der Waals surface area (Å²) in [6.45, 7) is 17.0. The van der Waals surface area contributed by atoms with Crippen molar-refractivity contribution >= 4 is 78.0 Å². The van der Waals surface area contributed by atoms with E-state index in [0.29, 0.717) is 0 Å². The molecule has 0 bridgehead atoms. The van der Waals surface area contributed by atoms with Crippen LogP contribution in [0.5, 0.6) is 0 Å². The first-order chi connectivity index (χ1) is 37.1. The summed E-state index contributed by atoms with van der Waals surface area (Å²) in [7, 11) is 0. The summed E-state index contributed by atoms with van der Waals surface area (Å²) >= 11 is 3.42. The van der Waals surface area contributed by atoms with Crippen molar-refractivity contribution < 1.29 is 19.1 Å². The molecular formula is C63H58BrN9O4. The summed E-state index contributed by atoms with van der Waals surface area (Å²) in [4.78, 5) is 37.7. The highest BCUT2D eigenvalue weighted by Gasteiger charge is 2.50. The largest absolute Gasteiger partial charge is 0.441 e. The molecule has 2 saturated heterocycles. The Morgan fingerprint density at radius 2 is 0.987 bits per heavy atom. The number of hydrogen-bond acceptors (Lipinski definition) is 10. The minimum atomic E-state index is -0.640. The molecule has 10 aromatic rings. The molecule has 0 spiro atoms. The summed E-state index contributed by atoms with van der Waals surface area (Å²) in [6, 6.07) is 55.2. The molecule has 13 rings (SSSR count). The first-order valence-electron chi connectivity index (χ1n) is 25.5. The van der Waals surface area contributed by atoms with Crippen molar-refractivity contribution in [3.05, 3.63) is 226 Å². The second kappa shape index (κ2) is 21.5. The van der Waals surface area contributed by atoms with E-state index < -0.39 is 11.2 Å². The van der Waals surface area contributed by atoms with Gasteiger partial charge >= 0.3 is 12.2 Å². The predicted molar refractivity (Wildman–Crippen MR) is 308 cm³/mol. The summed E-state index contributed by atoms with van der Waals surface area (Å²) < 4.78 is 14.1. The minimum absolute atomic E-state index is 0.146. The van der Waals surface area contributed by atoms with Gasteiger partial charge in [0.05, 0.1) is 34.5 Å². The number of fused-ring (bicyclic) bond motifs is 5. The van der Waals surface area contributed by atoms with E-state index in [-0.39, 0.29) is 24.3 Å². The summed E-state index contributed by atoms with van der Waals surface area (Å²) in [5, 5.41) is 18.7. The molecule has 3 aliphatic heterocycles. The van der Waals surface area contributed by atoms with Gasteiger partial charge in [-0.2, -0.15) is 10.2 Å². The van der Waals surface area contributed by atoms with Crippen LogP contribution in [0, 0.1) is 27.7 Å². The van der Waals surface area contributed by atoms with E-state index in [4.69, 9.17) is 9.47 Å². The van der Waals surface area contributed by atoms with Gasteiger partial charge in [0.2, 0.25) is 0 Å². The number of aromatic nitrogens is 5. The molecule has 0 unspecified atom stereocenters. The Bertz CT molecular complexity index is 3740. The number of amides is 2. The third-order valence-corrected chi connectivity index (χ3v) is 14.8. The topological polar surface area (TPSA) is 140 Å². The van der Waals surface area contributed by atoms with E-state index >= 15 is 0 Å². The highest BCUT2D eigenvalue weighted by molar-refractivity contribution is 9.10. The molecule has 6 heterocycles. The lowest BCUT2D eigenvalue weighted by Gasteiger charge is -2.29. The van der Waals surface area contributed by atoms with Gasteiger partial charge in [-0.15, -0.1) is 5.10 Å². The van der Waals surface area contributed by atoms with E-state index in [1.807, 2.05) is 192 Å². The molecule has 3 aliphatic rings. The SMILES string of the molecule is CC1(C)OC(=O)N(c2ccc(-n3nnc4ccccc43)cc2)[C@H]1c1ccccc1.CC1(C)OC(=O)N(c2ccc(Br)cc2)[C@H]1c1ccccc1.Cc1cnc2c(ccc3c(C)c(C)cnc32)c1C.c1ccc2c(c1)CN=N2. The first kappa shape index (κ1) is 51.8. The smallest absolute Gasteiger partial charge is 0.415 e. The molecule has 0 radical (unpaired) electrons. The molecule has 0 N–H and O–H groups in total. The van der Waals surface area contributed by atoms with E-state index in [9.17, 15) is 9.59 Å². The number of aryl methyl sites for hydroxylation is 4. The zero-order valence-electron chi connectivity index (χ0n) is 44.2. The van der Waals surface area contributed by atoms with Crippen LogP contribution in [0.15, 0.2) is 197 Å². The number of hydrogen-bond donors (Lipinski definition) is 0. The Labute approximate surface area is 456 Å². The molecule has 2 fully saturated rings. The number of rotatable bonds is 5. The molecule has 0 aliphatic carbocycles. The fraction of sp³-hybridized carbons (Fsp3) is 0.206. The number of azo groups is 1. The average molecular weight is 1090 g/mol. The number of carbonyl (C=O) groups excluding carboxylic acids is 2. The maximum absolute atomic E-state index is 12.7. The van der Waals surface area contributed by atoms with Gasteiger partial charge in [0, 0.05) is 44.6 Å². The molecule has 2 atom stereocenters. The number of pyridine rings is 2. The number of para-hydroxylation sites is 1. The van der Waals surface area contributed by atoms with E-state index in [2.05, 4.69) is 92.3 Å². The lowest BCUT2D eigenvalue weighted by atomic mass is 9.91. The average Bonchev–Trinajstić information content (AvgIpc) is 4.23. The van der Waals surface area contributed by atoms with Crippen LogP contribution in [0.2, 0.25) is 0 Å². The standard InChI is InChI=1S/C23H20N4O2.C17H16BrNO2.C16H16N2.C7H6N2/c1-23(2)21(16-8-4-3-5-9-16)26(22(28)29-23)17-12-14-18(15-13-17)27-20-11-7-6-10-19(20)24-25-27;1-17(2)15(12-6-4-3-5-7-12)19(16(20)21-17)14-10-8-13(18)9-11-14;1-9-7-17-15-13(11(9)3)5-6-14-12(4)10(2)8-18-16(14)15;1-2-4-7-6(3-1)5-8-9-7/h3-15,21H,1-2H3;3-11,15H,1-2H3;5-8H,1-4H3;1-4H,5H2/t21-;15-;;/m00../s1. The van der Waals surface area contributed by atoms with Gasteiger partial charge in [0.15, 0.2) is 0 Å². The number of halogens is 1. The zero-order valence-corrected chi connectivity index (χ0v) is 45.8. The Kier molecular flexibility index (Phi) is 14.5. The number of nitrogens with zero attached hydrogens (tertiary/aromatic N) is 9. The normalized spacial score (nSPS) is 16.7. The van der Waals surface area contributed by atoms with Crippen molar-refractivity contribution in [3.8, 4) is 5.69 Å². The van der Waals surface area contributed by atoms with Crippen molar-refractivity contribution in [1.82, 2.24) is 25.0 Å². The number of anilines is 2. The monoisotopic (exact) mass is 1080 g/mol. The second-order valence-corrected chi connectivity index (χ2v) is 21.2. The first-order valence-corrected chi connectivity index (χ1v) is 26.3. The van der Waals surface area contributed by atoms with Crippen LogP contribution in [-0.2, 0) is 16.0 Å². The van der Waals surface area contributed by atoms with Crippen LogP contribution >= 0.6 is 15.9 Å². The van der Waals surface area contributed by atoms with Gasteiger partial charge in [-0.05, 0) is 156 Å². The van der Waals surface area contributed by atoms with Gasteiger partial charge in [-0.1, -0.05) is 124 Å². The Hall–Kier alpha value is -8.62. The number of ether oxygens (including phenoxy) is 2. The quantitative estimate of drug-likeness (QED) is 0.155. The molecule has 0 saturated carbocycles.